The first-order chi connectivity index (χ1) is 8.74. The van der Waals surface area contributed by atoms with Gasteiger partial charge in [0.25, 0.3) is 0 Å². The lowest BCUT2D eigenvalue weighted by molar-refractivity contribution is 0.299. The molecule has 0 amide bonds. The van der Waals surface area contributed by atoms with Crippen molar-refractivity contribution in [3.8, 4) is 22.6 Å². The summed E-state index contributed by atoms with van der Waals surface area (Å²) in [5, 5.41) is 18.9. The molecule has 0 bridgehead atoms. The Hall–Kier alpha value is -2.00. The molecule has 0 aliphatic heterocycles. The second-order valence-corrected chi connectivity index (χ2v) is 4.06. The maximum absolute atomic E-state index is 9.92. The van der Waals surface area contributed by atoms with Crippen LogP contribution in [0.1, 0.15) is 5.56 Å². The highest BCUT2D eigenvalue weighted by Crippen LogP contribution is 2.32. The number of ether oxygens (including phenoxy) is 1. The molecule has 0 aromatic heterocycles. The van der Waals surface area contributed by atoms with E-state index in [0.29, 0.717) is 6.42 Å². The zero-order valence-electron chi connectivity index (χ0n) is 10.3. The van der Waals surface area contributed by atoms with Crippen LogP contribution >= 0.6 is 0 Å². The van der Waals surface area contributed by atoms with Crippen molar-refractivity contribution in [2.75, 3.05) is 13.7 Å². The van der Waals surface area contributed by atoms with Gasteiger partial charge in [-0.2, -0.15) is 0 Å². The summed E-state index contributed by atoms with van der Waals surface area (Å²) < 4.78 is 5.17. The van der Waals surface area contributed by atoms with Gasteiger partial charge in [0, 0.05) is 12.2 Å². The summed E-state index contributed by atoms with van der Waals surface area (Å²) in [5.74, 6) is 0.976. The van der Waals surface area contributed by atoms with Gasteiger partial charge in [-0.05, 0) is 41.8 Å². The fraction of sp³-hybridized carbons (Fsp3) is 0.200. The molecule has 0 radical (unpaired) electrons. The number of methoxy groups -OCH3 is 1. The van der Waals surface area contributed by atoms with Crippen molar-refractivity contribution in [3.05, 3.63) is 48.0 Å². The normalized spacial score (nSPS) is 10.3. The van der Waals surface area contributed by atoms with Gasteiger partial charge in [-0.1, -0.05) is 18.2 Å². The highest BCUT2D eigenvalue weighted by Gasteiger charge is 2.06. The van der Waals surface area contributed by atoms with Crippen molar-refractivity contribution in [2.45, 2.75) is 6.42 Å². The topological polar surface area (TPSA) is 49.7 Å². The Morgan fingerprint density at radius 2 is 1.94 bits per heavy atom. The van der Waals surface area contributed by atoms with Gasteiger partial charge < -0.3 is 14.9 Å². The average molecular weight is 244 g/mol. The van der Waals surface area contributed by atoms with E-state index in [4.69, 9.17) is 9.84 Å². The van der Waals surface area contributed by atoms with Crippen molar-refractivity contribution >= 4 is 0 Å². The van der Waals surface area contributed by atoms with Crippen molar-refractivity contribution in [2.24, 2.45) is 0 Å². The highest BCUT2D eigenvalue weighted by molar-refractivity contribution is 5.71. The van der Waals surface area contributed by atoms with E-state index in [0.717, 1.165) is 22.4 Å². The van der Waals surface area contributed by atoms with Crippen LogP contribution in [0.4, 0.5) is 0 Å². The van der Waals surface area contributed by atoms with Crippen LogP contribution in [0.3, 0.4) is 0 Å². The van der Waals surface area contributed by atoms with E-state index >= 15 is 0 Å². The quantitative estimate of drug-likeness (QED) is 0.869. The predicted octanol–water partition coefficient (Wildman–Crippen LogP) is 2.60. The van der Waals surface area contributed by atoms with E-state index in [1.54, 1.807) is 13.2 Å². The number of hydrogen-bond donors (Lipinski definition) is 2. The van der Waals surface area contributed by atoms with Gasteiger partial charge in [0.05, 0.1) is 7.11 Å². The molecule has 94 valence electrons. The van der Waals surface area contributed by atoms with Gasteiger partial charge in [0.1, 0.15) is 11.5 Å². The minimum atomic E-state index is 0.0995. The third kappa shape index (κ3) is 2.63. The highest BCUT2D eigenvalue weighted by atomic mass is 16.5. The Kier molecular flexibility index (Phi) is 3.85. The molecule has 0 heterocycles. The van der Waals surface area contributed by atoms with Gasteiger partial charge in [-0.3, -0.25) is 0 Å². The van der Waals surface area contributed by atoms with E-state index < -0.39 is 0 Å². The molecule has 0 aliphatic carbocycles. The van der Waals surface area contributed by atoms with Crippen LogP contribution in [0, 0.1) is 0 Å². The fourth-order valence-corrected chi connectivity index (χ4v) is 1.89. The molecule has 2 aromatic rings. The largest absolute Gasteiger partial charge is 0.507 e. The number of aliphatic hydroxyl groups is 1. The van der Waals surface area contributed by atoms with Crippen LogP contribution in [0.5, 0.6) is 11.5 Å². The second kappa shape index (κ2) is 5.56. The number of phenolic OH excluding ortho intramolecular Hbond substituents is 1. The number of hydrogen-bond acceptors (Lipinski definition) is 3. The lowest BCUT2D eigenvalue weighted by Crippen LogP contribution is -1.91. The van der Waals surface area contributed by atoms with E-state index in [1.807, 2.05) is 36.4 Å². The molecular formula is C15H16O3. The summed E-state index contributed by atoms with van der Waals surface area (Å²) in [4.78, 5) is 0. The van der Waals surface area contributed by atoms with Crippen LogP contribution in [0.15, 0.2) is 42.5 Å². The molecule has 2 N–H and O–H groups in total. The summed E-state index contributed by atoms with van der Waals surface area (Å²) >= 11 is 0. The molecular weight excluding hydrogens is 228 g/mol. The number of benzene rings is 2. The third-order valence-electron chi connectivity index (χ3n) is 2.84. The molecule has 3 heteroatoms. The molecule has 0 spiro atoms. The molecule has 0 aliphatic rings. The Balaban J connectivity index is 2.44. The summed E-state index contributed by atoms with van der Waals surface area (Å²) in [6, 6.07) is 12.9. The lowest BCUT2D eigenvalue weighted by atomic mass is 10.0. The number of aliphatic hydroxyl groups excluding tert-OH is 1. The Morgan fingerprint density at radius 1 is 1.11 bits per heavy atom. The van der Waals surface area contributed by atoms with Crippen molar-refractivity contribution in [1.29, 1.82) is 0 Å². The molecule has 0 unspecified atom stereocenters. The maximum atomic E-state index is 9.92. The molecule has 2 rings (SSSR count). The van der Waals surface area contributed by atoms with Crippen molar-refractivity contribution in [3.63, 3.8) is 0 Å². The Labute approximate surface area is 106 Å². The van der Waals surface area contributed by atoms with Gasteiger partial charge in [-0.15, -0.1) is 0 Å². The summed E-state index contributed by atoms with van der Waals surface area (Å²) in [7, 11) is 1.61. The number of aromatic hydroxyl groups is 1. The lowest BCUT2D eigenvalue weighted by Gasteiger charge is -2.09. The number of rotatable bonds is 4. The smallest absolute Gasteiger partial charge is 0.123 e. The first-order valence-electron chi connectivity index (χ1n) is 5.82. The molecule has 0 atom stereocenters. The number of phenols is 1. The maximum Gasteiger partial charge on any atom is 0.123 e. The molecule has 0 fully saturated rings. The SMILES string of the molecule is COc1cccc(-c2cc(CCO)ccc2O)c1. The second-order valence-electron chi connectivity index (χ2n) is 4.06. The molecule has 0 saturated carbocycles. The first-order valence-corrected chi connectivity index (χ1v) is 5.82. The fourth-order valence-electron chi connectivity index (χ4n) is 1.89. The zero-order chi connectivity index (χ0) is 13.0. The van der Waals surface area contributed by atoms with E-state index in [1.165, 1.54) is 0 Å². The van der Waals surface area contributed by atoms with E-state index in [-0.39, 0.29) is 12.4 Å². The predicted molar refractivity (Wildman–Crippen MR) is 70.9 cm³/mol. The molecule has 2 aromatic carbocycles. The molecule has 0 saturated heterocycles. The van der Waals surface area contributed by atoms with Crippen LogP contribution < -0.4 is 4.74 Å². The van der Waals surface area contributed by atoms with Gasteiger partial charge in [-0.25, -0.2) is 0 Å². The van der Waals surface area contributed by atoms with Crippen molar-refractivity contribution in [1.82, 2.24) is 0 Å². The zero-order valence-corrected chi connectivity index (χ0v) is 10.3. The molecule has 3 nitrogen and oxygen atoms in total. The van der Waals surface area contributed by atoms with Crippen LogP contribution in [-0.2, 0) is 6.42 Å². The van der Waals surface area contributed by atoms with E-state index in [9.17, 15) is 5.11 Å². The van der Waals surface area contributed by atoms with Gasteiger partial charge >= 0.3 is 0 Å². The Morgan fingerprint density at radius 3 is 2.67 bits per heavy atom. The molecule has 18 heavy (non-hydrogen) atoms. The van der Waals surface area contributed by atoms with Gasteiger partial charge in [0.2, 0.25) is 0 Å². The first kappa shape index (κ1) is 12.5. The van der Waals surface area contributed by atoms with Crippen molar-refractivity contribution < 1.29 is 14.9 Å². The summed E-state index contributed by atoms with van der Waals surface area (Å²) in [6.07, 6.45) is 0.581. The standard InChI is InChI=1S/C15H16O3/c1-18-13-4-2-3-12(10-13)14-9-11(7-8-16)5-6-15(14)17/h2-6,9-10,16-17H,7-8H2,1H3. The van der Waals surface area contributed by atoms with Crippen LogP contribution in [0.2, 0.25) is 0 Å². The van der Waals surface area contributed by atoms with Crippen LogP contribution in [-0.4, -0.2) is 23.9 Å². The summed E-state index contributed by atoms with van der Waals surface area (Å²) in [6.45, 7) is 0.0995. The third-order valence-corrected chi connectivity index (χ3v) is 2.84. The van der Waals surface area contributed by atoms with Crippen LogP contribution in [0.25, 0.3) is 11.1 Å². The average Bonchev–Trinajstić information content (AvgIpc) is 2.41. The Bertz CT molecular complexity index is 535. The minimum absolute atomic E-state index is 0.0995. The van der Waals surface area contributed by atoms with Gasteiger partial charge in [0.15, 0.2) is 0 Å². The monoisotopic (exact) mass is 244 g/mol. The summed E-state index contributed by atoms with van der Waals surface area (Å²) in [5.41, 5.74) is 2.64. The van der Waals surface area contributed by atoms with E-state index in [2.05, 4.69) is 0 Å². The minimum Gasteiger partial charge on any atom is -0.507 e.